The second kappa shape index (κ2) is 6.54. The minimum Gasteiger partial charge on any atom is -0.361 e. The number of halogens is 1. The third kappa shape index (κ3) is 3.43. The number of H-pyrrole nitrogens is 1. The quantitative estimate of drug-likeness (QED) is 0.687. The summed E-state index contributed by atoms with van der Waals surface area (Å²) >= 11 is 0. The molecule has 1 heterocycles. The lowest BCUT2D eigenvalue weighted by molar-refractivity contribution is -0.115. The van der Waals surface area contributed by atoms with Crippen LogP contribution in [0.2, 0.25) is 0 Å². The Morgan fingerprint density at radius 2 is 1.92 bits per heavy atom. The van der Waals surface area contributed by atoms with Gasteiger partial charge in [0.25, 0.3) is 0 Å². The Balaban J connectivity index is 1.76. The first-order chi connectivity index (χ1) is 11.5. The molecule has 0 radical (unpaired) electrons. The van der Waals surface area contributed by atoms with E-state index in [9.17, 15) is 14.0 Å². The van der Waals surface area contributed by atoms with Gasteiger partial charge in [-0.1, -0.05) is 18.2 Å². The number of aromatic nitrogens is 1. The van der Waals surface area contributed by atoms with Gasteiger partial charge in [0.1, 0.15) is 5.82 Å². The highest BCUT2D eigenvalue weighted by molar-refractivity contribution is 5.97. The van der Waals surface area contributed by atoms with Crippen LogP contribution in [0, 0.1) is 5.82 Å². The van der Waals surface area contributed by atoms with Gasteiger partial charge in [-0.15, -0.1) is 0 Å². The summed E-state index contributed by atoms with van der Waals surface area (Å²) < 4.78 is 13.9. The van der Waals surface area contributed by atoms with E-state index >= 15 is 0 Å². The van der Waals surface area contributed by atoms with E-state index in [0.717, 1.165) is 16.5 Å². The first-order valence-electron chi connectivity index (χ1n) is 7.45. The van der Waals surface area contributed by atoms with Crippen molar-refractivity contribution in [3.05, 3.63) is 60.0 Å². The molecule has 0 atom stereocenters. The zero-order valence-corrected chi connectivity index (χ0v) is 13.0. The van der Waals surface area contributed by atoms with Crippen LogP contribution in [0.15, 0.2) is 48.7 Å². The predicted octanol–water partition coefficient (Wildman–Crippen LogP) is 3.45. The van der Waals surface area contributed by atoms with E-state index < -0.39 is 5.82 Å². The Hall–Kier alpha value is -3.15. The topological polar surface area (TPSA) is 74.0 Å². The summed E-state index contributed by atoms with van der Waals surface area (Å²) in [4.78, 5) is 26.4. The summed E-state index contributed by atoms with van der Waals surface area (Å²) in [5, 5.41) is 6.06. The van der Waals surface area contributed by atoms with Gasteiger partial charge < -0.3 is 15.6 Å². The molecule has 0 aliphatic heterocycles. The molecule has 5 nitrogen and oxygen atoms in total. The molecule has 0 spiro atoms. The van der Waals surface area contributed by atoms with E-state index in [1.54, 1.807) is 6.20 Å². The molecule has 1 aromatic heterocycles. The highest BCUT2D eigenvalue weighted by Crippen LogP contribution is 2.21. The van der Waals surface area contributed by atoms with Gasteiger partial charge in [-0.3, -0.25) is 9.59 Å². The smallest absolute Gasteiger partial charge is 0.228 e. The average Bonchev–Trinajstić information content (AvgIpc) is 2.93. The number of amides is 2. The Bertz CT molecular complexity index is 918. The number of rotatable bonds is 4. The largest absolute Gasteiger partial charge is 0.361 e. The molecule has 0 saturated heterocycles. The van der Waals surface area contributed by atoms with Crippen molar-refractivity contribution in [2.75, 3.05) is 10.6 Å². The van der Waals surface area contributed by atoms with Gasteiger partial charge in [0.2, 0.25) is 11.8 Å². The first-order valence-corrected chi connectivity index (χ1v) is 7.45. The summed E-state index contributed by atoms with van der Waals surface area (Å²) in [5.41, 5.74) is 2.23. The van der Waals surface area contributed by atoms with Crippen molar-refractivity contribution in [1.82, 2.24) is 4.98 Å². The molecule has 0 fully saturated rings. The third-order valence-corrected chi connectivity index (χ3v) is 3.59. The van der Waals surface area contributed by atoms with Crippen LogP contribution in [0.1, 0.15) is 12.5 Å². The zero-order valence-electron chi connectivity index (χ0n) is 13.0. The molecule has 0 aliphatic carbocycles. The molecular formula is C18H16FN3O2. The van der Waals surface area contributed by atoms with E-state index in [4.69, 9.17) is 0 Å². The van der Waals surface area contributed by atoms with Gasteiger partial charge in [0, 0.05) is 29.7 Å². The van der Waals surface area contributed by atoms with Gasteiger partial charge >= 0.3 is 0 Å². The fourth-order valence-corrected chi connectivity index (χ4v) is 2.55. The van der Waals surface area contributed by atoms with Crippen molar-refractivity contribution in [2.24, 2.45) is 0 Å². The van der Waals surface area contributed by atoms with Crippen molar-refractivity contribution in [2.45, 2.75) is 13.3 Å². The first kappa shape index (κ1) is 15.7. The lowest BCUT2D eigenvalue weighted by Crippen LogP contribution is -2.15. The van der Waals surface area contributed by atoms with Gasteiger partial charge in [0.05, 0.1) is 12.1 Å². The Morgan fingerprint density at radius 1 is 1.12 bits per heavy atom. The number of benzene rings is 2. The monoisotopic (exact) mass is 325 g/mol. The van der Waals surface area contributed by atoms with Crippen molar-refractivity contribution < 1.29 is 14.0 Å². The van der Waals surface area contributed by atoms with Gasteiger partial charge in [-0.2, -0.15) is 0 Å². The number of fused-ring (bicyclic) bond motifs is 1. The van der Waals surface area contributed by atoms with Crippen molar-refractivity contribution in [1.29, 1.82) is 0 Å². The molecule has 24 heavy (non-hydrogen) atoms. The minimum atomic E-state index is -0.559. The molecule has 0 saturated carbocycles. The van der Waals surface area contributed by atoms with Crippen LogP contribution < -0.4 is 10.6 Å². The standard InChI is InChI=1S/C18H16FN3O2/c1-11(23)21-13-6-7-15(19)17(9-13)22-18(24)8-12-10-20-16-5-3-2-4-14(12)16/h2-7,9-10,20H,8H2,1H3,(H,21,23)(H,22,24). The van der Waals surface area contributed by atoms with Crippen LogP contribution >= 0.6 is 0 Å². The van der Waals surface area contributed by atoms with Crippen LogP contribution in [0.4, 0.5) is 15.8 Å². The van der Waals surface area contributed by atoms with Crippen LogP contribution in [-0.4, -0.2) is 16.8 Å². The minimum absolute atomic E-state index is 0.0334. The lowest BCUT2D eigenvalue weighted by Gasteiger charge is -2.09. The van der Waals surface area contributed by atoms with Crippen LogP contribution in [0.3, 0.4) is 0 Å². The van der Waals surface area contributed by atoms with Crippen molar-refractivity contribution >= 4 is 34.1 Å². The van der Waals surface area contributed by atoms with E-state index in [0.29, 0.717) is 5.69 Å². The van der Waals surface area contributed by atoms with E-state index in [-0.39, 0.29) is 23.9 Å². The molecule has 0 aliphatic rings. The van der Waals surface area contributed by atoms with Crippen LogP contribution in [0.5, 0.6) is 0 Å². The number of hydrogen-bond donors (Lipinski definition) is 3. The molecule has 2 amide bonds. The lowest BCUT2D eigenvalue weighted by atomic mass is 10.1. The number of para-hydroxylation sites is 1. The number of nitrogens with one attached hydrogen (secondary N) is 3. The van der Waals surface area contributed by atoms with Gasteiger partial charge in [-0.25, -0.2) is 4.39 Å². The maximum absolute atomic E-state index is 13.9. The van der Waals surface area contributed by atoms with Crippen molar-refractivity contribution in [3.8, 4) is 0 Å². The summed E-state index contributed by atoms with van der Waals surface area (Å²) in [6, 6.07) is 11.7. The average molecular weight is 325 g/mol. The zero-order chi connectivity index (χ0) is 17.1. The van der Waals surface area contributed by atoms with Crippen LogP contribution in [-0.2, 0) is 16.0 Å². The van der Waals surface area contributed by atoms with Gasteiger partial charge in [0.15, 0.2) is 0 Å². The van der Waals surface area contributed by atoms with E-state index in [1.807, 2.05) is 24.3 Å². The Morgan fingerprint density at radius 3 is 2.71 bits per heavy atom. The summed E-state index contributed by atoms with van der Waals surface area (Å²) in [6.07, 6.45) is 1.89. The van der Waals surface area contributed by atoms with Crippen molar-refractivity contribution in [3.63, 3.8) is 0 Å². The molecule has 0 bridgehead atoms. The molecular weight excluding hydrogens is 309 g/mol. The van der Waals surface area contributed by atoms with E-state index in [1.165, 1.54) is 25.1 Å². The maximum Gasteiger partial charge on any atom is 0.228 e. The molecule has 3 N–H and O–H groups in total. The van der Waals surface area contributed by atoms with Crippen LogP contribution in [0.25, 0.3) is 10.9 Å². The number of hydrogen-bond acceptors (Lipinski definition) is 2. The molecule has 6 heteroatoms. The fourth-order valence-electron chi connectivity index (χ4n) is 2.55. The third-order valence-electron chi connectivity index (χ3n) is 3.59. The second-order valence-electron chi connectivity index (χ2n) is 5.46. The Labute approximate surface area is 137 Å². The predicted molar refractivity (Wildman–Crippen MR) is 91.3 cm³/mol. The molecule has 122 valence electrons. The summed E-state index contributed by atoms with van der Waals surface area (Å²) in [7, 11) is 0. The Kier molecular flexibility index (Phi) is 4.29. The molecule has 3 aromatic rings. The number of carbonyl (C=O) groups excluding carboxylic acids is 2. The molecule has 0 unspecified atom stereocenters. The fraction of sp³-hybridized carbons (Fsp3) is 0.111. The maximum atomic E-state index is 13.9. The molecule has 2 aromatic carbocycles. The SMILES string of the molecule is CC(=O)Nc1ccc(F)c(NC(=O)Cc2c[nH]c3ccccc23)c1. The normalized spacial score (nSPS) is 10.6. The number of carbonyl (C=O) groups is 2. The number of aromatic amines is 1. The highest BCUT2D eigenvalue weighted by Gasteiger charge is 2.12. The summed E-state index contributed by atoms with van der Waals surface area (Å²) in [5.74, 6) is -1.16. The molecule has 3 rings (SSSR count). The van der Waals surface area contributed by atoms with E-state index in [2.05, 4.69) is 15.6 Å². The number of anilines is 2. The highest BCUT2D eigenvalue weighted by atomic mass is 19.1. The summed E-state index contributed by atoms with van der Waals surface area (Å²) in [6.45, 7) is 1.36. The second-order valence-corrected chi connectivity index (χ2v) is 5.46. The van der Waals surface area contributed by atoms with Gasteiger partial charge in [-0.05, 0) is 29.8 Å².